The van der Waals surface area contributed by atoms with Crippen LogP contribution in [0.1, 0.15) is 5.56 Å². The second-order valence-electron chi connectivity index (χ2n) is 4.42. The van der Waals surface area contributed by atoms with Crippen molar-refractivity contribution < 1.29 is 5.11 Å². The lowest BCUT2D eigenvalue weighted by Crippen LogP contribution is -2.32. The molecule has 20 heavy (non-hydrogen) atoms. The molecular formula is C13H16N4O3. The molecule has 0 unspecified atom stereocenters. The van der Waals surface area contributed by atoms with Crippen LogP contribution in [0, 0.1) is 0 Å². The van der Waals surface area contributed by atoms with E-state index >= 15 is 0 Å². The predicted octanol–water partition coefficient (Wildman–Crippen LogP) is 0.0160. The van der Waals surface area contributed by atoms with Crippen molar-refractivity contribution >= 4 is 11.5 Å². The molecule has 0 saturated heterocycles. The molecule has 0 bridgehead atoms. The molecule has 0 radical (unpaired) electrons. The van der Waals surface area contributed by atoms with E-state index in [0.29, 0.717) is 13.0 Å². The Morgan fingerprint density at radius 1 is 1.30 bits per heavy atom. The fraction of sp³-hybridized carbons (Fsp3) is 0.231. The van der Waals surface area contributed by atoms with Crippen LogP contribution in [0.2, 0.25) is 0 Å². The van der Waals surface area contributed by atoms with E-state index in [4.69, 9.17) is 5.73 Å². The summed E-state index contributed by atoms with van der Waals surface area (Å²) in [5, 5.41) is 12.1. The van der Waals surface area contributed by atoms with Gasteiger partial charge in [0.1, 0.15) is 17.3 Å². The van der Waals surface area contributed by atoms with Gasteiger partial charge >= 0.3 is 5.69 Å². The molecule has 1 heterocycles. The molecule has 0 saturated carbocycles. The molecule has 7 heteroatoms. The molecule has 0 amide bonds. The highest BCUT2D eigenvalue weighted by molar-refractivity contribution is 5.60. The first-order valence-corrected chi connectivity index (χ1v) is 6.09. The molecule has 1 aromatic carbocycles. The molecule has 0 fully saturated rings. The SMILES string of the molecule is Cn1c(N)c(NCCc2ccc(O)cc2)c(=O)[nH]c1=O. The zero-order valence-corrected chi connectivity index (χ0v) is 11.0. The summed E-state index contributed by atoms with van der Waals surface area (Å²) >= 11 is 0. The van der Waals surface area contributed by atoms with Gasteiger partial charge in [-0.05, 0) is 24.1 Å². The number of nitrogen functional groups attached to an aromatic ring is 1. The highest BCUT2D eigenvalue weighted by Crippen LogP contribution is 2.11. The van der Waals surface area contributed by atoms with Gasteiger partial charge in [0.15, 0.2) is 0 Å². The Labute approximate surface area is 114 Å². The molecule has 0 aliphatic carbocycles. The number of benzene rings is 1. The molecule has 0 atom stereocenters. The molecule has 2 rings (SSSR count). The fourth-order valence-corrected chi connectivity index (χ4v) is 1.80. The number of phenols is 1. The van der Waals surface area contributed by atoms with E-state index in [1.165, 1.54) is 11.6 Å². The molecule has 0 spiro atoms. The Hall–Kier alpha value is -2.70. The van der Waals surface area contributed by atoms with Gasteiger partial charge < -0.3 is 16.2 Å². The summed E-state index contributed by atoms with van der Waals surface area (Å²) in [6.07, 6.45) is 0.655. The lowest BCUT2D eigenvalue weighted by atomic mass is 10.1. The van der Waals surface area contributed by atoms with Gasteiger partial charge in [-0.1, -0.05) is 12.1 Å². The Morgan fingerprint density at radius 3 is 2.60 bits per heavy atom. The highest BCUT2D eigenvalue weighted by atomic mass is 16.3. The standard InChI is InChI=1S/C13H16N4O3/c1-17-11(14)10(12(19)16-13(17)20)15-7-6-8-2-4-9(18)5-3-8/h2-5,15,18H,6-7,14H2,1H3,(H,16,19,20). The van der Waals surface area contributed by atoms with Crippen molar-refractivity contribution in [3.63, 3.8) is 0 Å². The van der Waals surface area contributed by atoms with Crippen LogP contribution in [0.25, 0.3) is 0 Å². The van der Waals surface area contributed by atoms with Crippen LogP contribution in [-0.2, 0) is 13.5 Å². The number of nitrogens with one attached hydrogen (secondary N) is 2. The number of nitrogens with zero attached hydrogens (tertiary/aromatic N) is 1. The number of hydrogen-bond donors (Lipinski definition) is 4. The molecule has 2 aromatic rings. The minimum absolute atomic E-state index is 0.101. The maximum absolute atomic E-state index is 11.7. The number of aromatic hydroxyl groups is 1. The van der Waals surface area contributed by atoms with Crippen LogP contribution < -0.4 is 22.3 Å². The summed E-state index contributed by atoms with van der Waals surface area (Å²) in [6.45, 7) is 0.482. The van der Waals surface area contributed by atoms with Gasteiger partial charge in [0, 0.05) is 13.6 Å². The van der Waals surface area contributed by atoms with E-state index in [1.54, 1.807) is 24.3 Å². The first kappa shape index (κ1) is 13.7. The van der Waals surface area contributed by atoms with Crippen LogP contribution in [-0.4, -0.2) is 21.2 Å². The summed E-state index contributed by atoms with van der Waals surface area (Å²) in [4.78, 5) is 25.2. The first-order valence-electron chi connectivity index (χ1n) is 6.09. The fourth-order valence-electron chi connectivity index (χ4n) is 1.80. The van der Waals surface area contributed by atoms with Gasteiger partial charge in [0.2, 0.25) is 0 Å². The van der Waals surface area contributed by atoms with Gasteiger partial charge in [0.25, 0.3) is 5.56 Å². The van der Waals surface area contributed by atoms with Crippen LogP contribution in [0.5, 0.6) is 5.75 Å². The number of anilines is 2. The summed E-state index contributed by atoms with van der Waals surface area (Å²) in [7, 11) is 1.48. The van der Waals surface area contributed by atoms with E-state index in [0.717, 1.165) is 5.56 Å². The second kappa shape index (κ2) is 5.52. The molecule has 7 nitrogen and oxygen atoms in total. The van der Waals surface area contributed by atoms with Gasteiger partial charge in [-0.25, -0.2) is 4.79 Å². The van der Waals surface area contributed by atoms with Gasteiger partial charge in [-0.15, -0.1) is 0 Å². The molecule has 1 aromatic heterocycles. The number of nitrogens with two attached hydrogens (primary N) is 1. The van der Waals surface area contributed by atoms with E-state index in [-0.39, 0.29) is 17.3 Å². The van der Waals surface area contributed by atoms with Crippen LogP contribution in [0.3, 0.4) is 0 Å². The highest BCUT2D eigenvalue weighted by Gasteiger charge is 2.08. The number of hydrogen-bond acceptors (Lipinski definition) is 5. The van der Waals surface area contributed by atoms with Crippen molar-refractivity contribution in [1.29, 1.82) is 0 Å². The van der Waals surface area contributed by atoms with Crippen molar-refractivity contribution in [1.82, 2.24) is 9.55 Å². The summed E-state index contributed by atoms with van der Waals surface area (Å²) in [6, 6.07) is 6.79. The monoisotopic (exact) mass is 276 g/mol. The Morgan fingerprint density at radius 2 is 1.95 bits per heavy atom. The van der Waals surface area contributed by atoms with E-state index in [1.807, 2.05) is 0 Å². The van der Waals surface area contributed by atoms with Crippen molar-refractivity contribution in [3.8, 4) is 5.75 Å². The van der Waals surface area contributed by atoms with Crippen molar-refractivity contribution in [2.75, 3.05) is 17.6 Å². The maximum Gasteiger partial charge on any atom is 0.329 e. The van der Waals surface area contributed by atoms with Crippen molar-refractivity contribution in [3.05, 3.63) is 50.7 Å². The average Bonchev–Trinajstić information content (AvgIpc) is 2.42. The lowest BCUT2D eigenvalue weighted by Gasteiger charge is -2.10. The van der Waals surface area contributed by atoms with Crippen molar-refractivity contribution in [2.24, 2.45) is 7.05 Å². The molecule has 106 valence electrons. The van der Waals surface area contributed by atoms with Crippen LogP contribution in [0.15, 0.2) is 33.9 Å². The Kier molecular flexibility index (Phi) is 3.79. The molecule has 5 N–H and O–H groups in total. The number of rotatable bonds is 4. The van der Waals surface area contributed by atoms with E-state index < -0.39 is 11.2 Å². The van der Waals surface area contributed by atoms with Crippen LogP contribution >= 0.6 is 0 Å². The zero-order valence-electron chi connectivity index (χ0n) is 11.0. The summed E-state index contributed by atoms with van der Waals surface area (Å²) < 4.78 is 1.17. The molecule has 0 aliphatic heterocycles. The third kappa shape index (κ3) is 2.82. The number of phenolic OH excluding ortho intramolecular Hbond substituents is 1. The first-order chi connectivity index (χ1) is 9.49. The number of H-pyrrole nitrogens is 1. The third-order valence-corrected chi connectivity index (χ3v) is 3.02. The van der Waals surface area contributed by atoms with E-state index in [9.17, 15) is 14.7 Å². The van der Waals surface area contributed by atoms with Gasteiger partial charge in [-0.2, -0.15) is 0 Å². The normalized spacial score (nSPS) is 10.4. The summed E-state index contributed by atoms with van der Waals surface area (Å²) in [5.74, 6) is 0.310. The average molecular weight is 276 g/mol. The predicted molar refractivity (Wildman–Crippen MR) is 77.0 cm³/mol. The smallest absolute Gasteiger partial charge is 0.329 e. The minimum Gasteiger partial charge on any atom is -0.508 e. The Bertz CT molecular complexity index is 716. The van der Waals surface area contributed by atoms with Gasteiger partial charge in [-0.3, -0.25) is 14.3 Å². The third-order valence-electron chi connectivity index (χ3n) is 3.02. The largest absolute Gasteiger partial charge is 0.508 e. The van der Waals surface area contributed by atoms with Crippen molar-refractivity contribution in [2.45, 2.75) is 6.42 Å². The zero-order chi connectivity index (χ0) is 14.7. The molecule has 0 aliphatic rings. The second-order valence-corrected chi connectivity index (χ2v) is 4.42. The molecular weight excluding hydrogens is 260 g/mol. The minimum atomic E-state index is -0.545. The summed E-state index contributed by atoms with van der Waals surface area (Å²) in [5.41, 5.74) is 5.85. The Balaban J connectivity index is 2.08. The van der Waals surface area contributed by atoms with E-state index in [2.05, 4.69) is 10.3 Å². The van der Waals surface area contributed by atoms with Gasteiger partial charge in [0.05, 0.1) is 0 Å². The quantitative estimate of drug-likeness (QED) is 0.628. The topological polar surface area (TPSA) is 113 Å². The lowest BCUT2D eigenvalue weighted by molar-refractivity contribution is 0.475. The number of aromatic amines is 1. The number of aromatic nitrogens is 2. The maximum atomic E-state index is 11.7. The van der Waals surface area contributed by atoms with Crippen LogP contribution in [0.4, 0.5) is 11.5 Å².